The molecule has 0 atom stereocenters. The molecule has 5 rings (SSSR count). The molecule has 0 N–H and O–H groups in total. The summed E-state index contributed by atoms with van der Waals surface area (Å²) in [5, 5.41) is 1.07. The SMILES string of the molecule is CCc1cccc2sc(N3CCN(C(=O)C(c4ccccc4)c4ccccc4)CC3)nc12. The monoisotopic (exact) mass is 441 g/mol. The van der Waals surface area contributed by atoms with Crippen LogP contribution in [0.5, 0.6) is 0 Å². The van der Waals surface area contributed by atoms with Crippen molar-refractivity contribution in [1.82, 2.24) is 9.88 Å². The fourth-order valence-electron chi connectivity index (χ4n) is 4.48. The molecule has 1 aliphatic heterocycles. The molecule has 0 spiro atoms. The van der Waals surface area contributed by atoms with Crippen molar-refractivity contribution in [2.24, 2.45) is 0 Å². The number of hydrogen-bond acceptors (Lipinski definition) is 4. The third-order valence-corrected chi connectivity index (χ3v) is 7.33. The molecule has 5 heteroatoms. The van der Waals surface area contributed by atoms with Gasteiger partial charge in [-0.05, 0) is 29.2 Å². The summed E-state index contributed by atoms with van der Waals surface area (Å²) in [6.45, 7) is 5.22. The van der Waals surface area contributed by atoms with Crippen LogP contribution in [0.1, 0.15) is 29.5 Å². The van der Waals surface area contributed by atoms with E-state index in [1.165, 1.54) is 10.3 Å². The number of carbonyl (C=O) groups is 1. The molecule has 3 aromatic carbocycles. The summed E-state index contributed by atoms with van der Waals surface area (Å²) in [4.78, 5) is 23.0. The Morgan fingerprint density at radius 3 is 2.09 bits per heavy atom. The van der Waals surface area contributed by atoms with Gasteiger partial charge in [-0.2, -0.15) is 0 Å². The molecule has 1 aliphatic rings. The predicted molar refractivity (Wildman–Crippen MR) is 133 cm³/mol. The first-order valence-corrected chi connectivity index (χ1v) is 12.1. The highest BCUT2D eigenvalue weighted by Gasteiger charge is 2.30. The number of anilines is 1. The molecular formula is C27H27N3OS. The number of thiazole rings is 1. The summed E-state index contributed by atoms with van der Waals surface area (Å²) in [6, 6.07) is 26.7. The number of hydrogen-bond donors (Lipinski definition) is 0. The Kier molecular flexibility index (Phi) is 5.91. The van der Waals surface area contributed by atoms with E-state index in [4.69, 9.17) is 4.98 Å². The Labute approximate surface area is 193 Å². The normalized spacial score (nSPS) is 14.3. The van der Waals surface area contributed by atoms with Crippen molar-refractivity contribution in [1.29, 1.82) is 0 Å². The molecule has 0 aliphatic carbocycles. The van der Waals surface area contributed by atoms with Gasteiger partial charge in [0.2, 0.25) is 5.91 Å². The highest BCUT2D eigenvalue weighted by molar-refractivity contribution is 7.22. The van der Waals surface area contributed by atoms with Crippen molar-refractivity contribution in [3.8, 4) is 0 Å². The minimum absolute atomic E-state index is 0.180. The number of para-hydroxylation sites is 1. The summed E-state index contributed by atoms with van der Waals surface area (Å²) in [6.07, 6.45) is 0.989. The summed E-state index contributed by atoms with van der Waals surface area (Å²) < 4.78 is 1.24. The third kappa shape index (κ3) is 4.00. The zero-order valence-corrected chi connectivity index (χ0v) is 19.1. The molecule has 4 nitrogen and oxygen atoms in total. The van der Waals surface area contributed by atoms with Crippen LogP contribution in [0.15, 0.2) is 78.9 Å². The second-order valence-corrected chi connectivity index (χ2v) is 9.19. The van der Waals surface area contributed by atoms with Gasteiger partial charge in [0.25, 0.3) is 0 Å². The number of nitrogens with zero attached hydrogens (tertiary/aromatic N) is 3. The fourth-order valence-corrected chi connectivity index (χ4v) is 5.55. The van der Waals surface area contributed by atoms with Crippen LogP contribution < -0.4 is 4.90 Å². The number of aryl methyl sites for hydroxylation is 1. The van der Waals surface area contributed by atoms with Crippen LogP contribution in [0.4, 0.5) is 5.13 Å². The van der Waals surface area contributed by atoms with Crippen LogP contribution >= 0.6 is 11.3 Å². The molecule has 1 aromatic heterocycles. The van der Waals surface area contributed by atoms with E-state index in [2.05, 4.69) is 54.3 Å². The van der Waals surface area contributed by atoms with Crippen molar-refractivity contribution < 1.29 is 4.79 Å². The Bertz CT molecular complexity index is 1160. The Morgan fingerprint density at radius 2 is 1.50 bits per heavy atom. The van der Waals surface area contributed by atoms with E-state index in [0.717, 1.165) is 41.3 Å². The smallest absolute Gasteiger partial charge is 0.234 e. The van der Waals surface area contributed by atoms with Crippen LogP contribution in [0.3, 0.4) is 0 Å². The number of benzene rings is 3. The standard InChI is InChI=1S/C27H27N3OS/c1-2-20-14-9-15-23-25(20)28-27(32-23)30-18-16-29(17-19-30)26(31)24(21-10-5-3-6-11-21)22-12-7-4-8-13-22/h3-15,24H,2,16-19H2,1H3. The summed E-state index contributed by atoms with van der Waals surface area (Å²) in [5.74, 6) is -0.0851. The van der Waals surface area contributed by atoms with Gasteiger partial charge in [0, 0.05) is 26.2 Å². The van der Waals surface area contributed by atoms with E-state index in [1.54, 1.807) is 11.3 Å². The zero-order valence-electron chi connectivity index (χ0n) is 18.3. The van der Waals surface area contributed by atoms with Gasteiger partial charge >= 0.3 is 0 Å². The van der Waals surface area contributed by atoms with Crippen molar-refractivity contribution in [3.63, 3.8) is 0 Å². The Hall–Kier alpha value is -3.18. The lowest BCUT2D eigenvalue weighted by atomic mass is 9.90. The molecule has 1 saturated heterocycles. The first kappa shape index (κ1) is 20.7. The van der Waals surface area contributed by atoms with E-state index in [-0.39, 0.29) is 11.8 Å². The van der Waals surface area contributed by atoms with Gasteiger partial charge in [-0.15, -0.1) is 0 Å². The minimum atomic E-state index is -0.265. The number of piperazine rings is 1. The molecule has 2 heterocycles. The zero-order chi connectivity index (χ0) is 21.9. The summed E-state index contributed by atoms with van der Waals surface area (Å²) in [5.41, 5.74) is 4.52. The topological polar surface area (TPSA) is 36.4 Å². The molecule has 0 saturated carbocycles. The van der Waals surface area contributed by atoms with Gasteiger partial charge in [-0.1, -0.05) is 91.1 Å². The molecule has 1 amide bonds. The number of carbonyl (C=O) groups excluding carboxylic acids is 1. The average molecular weight is 442 g/mol. The second-order valence-electron chi connectivity index (χ2n) is 8.18. The van der Waals surface area contributed by atoms with Crippen LogP contribution in [0.2, 0.25) is 0 Å². The van der Waals surface area contributed by atoms with Gasteiger partial charge in [-0.3, -0.25) is 4.79 Å². The number of rotatable bonds is 5. The lowest BCUT2D eigenvalue weighted by molar-refractivity contribution is -0.132. The van der Waals surface area contributed by atoms with Gasteiger partial charge in [0.05, 0.1) is 16.1 Å². The Morgan fingerprint density at radius 1 is 0.875 bits per heavy atom. The largest absolute Gasteiger partial charge is 0.345 e. The molecule has 4 aromatic rings. The van der Waals surface area contributed by atoms with Crippen LogP contribution in [-0.4, -0.2) is 42.0 Å². The third-order valence-electron chi connectivity index (χ3n) is 6.25. The Balaban J connectivity index is 1.34. The van der Waals surface area contributed by atoms with E-state index < -0.39 is 0 Å². The molecule has 1 fully saturated rings. The molecule has 0 bridgehead atoms. The van der Waals surface area contributed by atoms with Crippen molar-refractivity contribution in [2.45, 2.75) is 19.3 Å². The van der Waals surface area contributed by atoms with Crippen LogP contribution in [0.25, 0.3) is 10.2 Å². The fraction of sp³-hybridized carbons (Fsp3) is 0.259. The van der Waals surface area contributed by atoms with E-state index in [1.807, 2.05) is 41.3 Å². The van der Waals surface area contributed by atoms with E-state index >= 15 is 0 Å². The number of fused-ring (bicyclic) bond motifs is 1. The van der Waals surface area contributed by atoms with Crippen LogP contribution in [0, 0.1) is 0 Å². The van der Waals surface area contributed by atoms with Crippen molar-refractivity contribution in [2.75, 3.05) is 31.1 Å². The molecule has 162 valence electrons. The molecule has 32 heavy (non-hydrogen) atoms. The summed E-state index contributed by atoms with van der Waals surface area (Å²) >= 11 is 1.75. The first-order valence-electron chi connectivity index (χ1n) is 11.3. The second kappa shape index (κ2) is 9.13. The first-order chi connectivity index (χ1) is 15.7. The van der Waals surface area contributed by atoms with Crippen molar-refractivity contribution in [3.05, 3.63) is 95.6 Å². The molecular weight excluding hydrogens is 414 g/mol. The lowest BCUT2D eigenvalue weighted by Crippen LogP contribution is -2.50. The number of aromatic nitrogens is 1. The molecule has 0 radical (unpaired) electrons. The van der Waals surface area contributed by atoms with Gasteiger partial charge in [-0.25, -0.2) is 4.98 Å². The maximum atomic E-state index is 13.7. The van der Waals surface area contributed by atoms with E-state index in [0.29, 0.717) is 13.1 Å². The summed E-state index contributed by atoms with van der Waals surface area (Å²) in [7, 11) is 0. The number of amides is 1. The van der Waals surface area contributed by atoms with Crippen molar-refractivity contribution >= 4 is 32.6 Å². The van der Waals surface area contributed by atoms with Gasteiger partial charge < -0.3 is 9.80 Å². The highest BCUT2D eigenvalue weighted by atomic mass is 32.1. The van der Waals surface area contributed by atoms with Gasteiger partial charge in [0.1, 0.15) is 0 Å². The maximum absolute atomic E-state index is 13.7. The van der Waals surface area contributed by atoms with Gasteiger partial charge in [0.15, 0.2) is 5.13 Å². The lowest BCUT2D eigenvalue weighted by Gasteiger charge is -2.36. The average Bonchev–Trinajstić information content (AvgIpc) is 3.30. The minimum Gasteiger partial charge on any atom is -0.345 e. The van der Waals surface area contributed by atoms with E-state index in [9.17, 15) is 4.79 Å². The van der Waals surface area contributed by atoms with Crippen LogP contribution in [-0.2, 0) is 11.2 Å². The highest BCUT2D eigenvalue weighted by Crippen LogP contribution is 2.32. The quantitative estimate of drug-likeness (QED) is 0.419. The maximum Gasteiger partial charge on any atom is 0.234 e. The molecule has 0 unspecified atom stereocenters. The predicted octanol–water partition coefficient (Wildman–Crippen LogP) is 5.34.